The molecule has 0 aromatic heterocycles. The van der Waals surface area contributed by atoms with Crippen molar-refractivity contribution in [2.45, 2.75) is 18.6 Å². The van der Waals surface area contributed by atoms with Crippen molar-refractivity contribution in [2.24, 2.45) is 0 Å². The van der Waals surface area contributed by atoms with Crippen molar-refractivity contribution in [3.8, 4) is 0 Å². The largest absolute Gasteiger partial charge is 0.394 e. The molecule has 0 amide bonds. The summed E-state index contributed by atoms with van der Waals surface area (Å²) in [6, 6.07) is 9.36. The molecule has 1 rings (SSSR count). The zero-order valence-corrected chi connectivity index (χ0v) is 7.30. The molecule has 0 radical (unpaired) electrons. The van der Waals surface area contributed by atoms with Gasteiger partial charge in [-0.15, -0.1) is 0 Å². The van der Waals surface area contributed by atoms with Gasteiger partial charge in [0.05, 0.1) is 12.7 Å². The molecule has 2 atom stereocenters. The van der Waals surface area contributed by atoms with Crippen LogP contribution in [0.15, 0.2) is 30.3 Å². The van der Waals surface area contributed by atoms with E-state index in [0.717, 1.165) is 5.56 Å². The van der Waals surface area contributed by atoms with E-state index >= 15 is 0 Å². The van der Waals surface area contributed by atoms with Gasteiger partial charge < -0.3 is 15.3 Å². The summed E-state index contributed by atoms with van der Waals surface area (Å²) in [5, 5.41) is 27.0. The second kappa shape index (κ2) is 4.97. The molecular formula is C10H14O3. The first-order valence-electron chi connectivity index (χ1n) is 4.25. The van der Waals surface area contributed by atoms with Gasteiger partial charge in [0.25, 0.3) is 0 Å². The first-order valence-corrected chi connectivity index (χ1v) is 4.25. The SMILES string of the molecule is OC[C@H](O)[C@@H](O)Cc1ccccc1. The second-order valence-corrected chi connectivity index (χ2v) is 3.01. The van der Waals surface area contributed by atoms with Gasteiger partial charge in [-0.1, -0.05) is 30.3 Å². The lowest BCUT2D eigenvalue weighted by atomic mass is 10.0. The van der Waals surface area contributed by atoms with Crippen LogP contribution in [-0.4, -0.2) is 34.1 Å². The van der Waals surface area contributed by atoms with Crippen molar-refractivity contribution in [1.29, 1.82) is 0 Å². The number of hydrogen-bond acceptors (Lipinski definition) is 3. The van der Waals surface area contributed by atoms with E-state index in [1.54, 1.807) is 0 Å². The Bertz CT molecular complexity index is 235. The third kappa shape index (κ3) is 3.14. The molecule has 0 saturated heterocycles. The fourth-order valence-electron chi connectivity index (χ4n) is 1.11. The lowest BCUT2D eigenvalue weighted by molar-refractivity contribution is -0.0132. The summed E-state index contributed by atoms with van der Waals surface area (Å²) in [5.74, 6) is 0. The van der Waals surface area contributed by atoms with Crippen molar-refractivity contribution in [3.63, 3.8) is 0 Å². The van der Waals surface area contributed by atoms with Crippen LogP contribution in [0.1, 0.15) is 5.56 Å². The molecule has 0 fully saturated rings. The van der Waals surface area contributed by atoms with Gasteiger partial charge in [-0.25, -0.2) is 0 Å². The van der Waals surface area contributed by atoms with Gasteiger partial charge in [-0.05, 0) is 5.56 Å². The molecule has 3 heteroatoms. The normalized spacial score (nSPS) is 15.3. The highest BCUT2D eigenvalue weighted by Crippen LogP contribution is 2.05. The van der Waals surface area contributed by atoms with E-state index in [-0.39, 0.29) is 0 Å². The number of hydrogen-bond donors (Lipinski definition) is 3. The van der Waals surface area contributed by atoms with Crippen LogP contribution in [0.4, 0.5) is 0 Å². The topological polar surface area (TPSA) is 60.7 Å². The van der Waals surface area contributed by atoms with Gasteiger partial charge in [0.2, 0.25) is 0 Å². The lowest BCUT2D eigenvalue weighted by Gasteiger charge is -2.15. The summed E-state index contributed by atoms with van der Waals surface area (Å²) in [5.41, 5.74) is 0.947. The predicted molar refractivity (Wildman–Crippen MR) is 49.2 cm³/mol. The summed E-state index contributed by atoms with van der Waals surface area (Å²) in [4.78, 5) is 0. The van der Waals surface area contributed by atoms with E-state index in [2.05, 4.69) is 0 Å². The third-order valence-electron chi connectivity index (χ3n) is 1.92. The van der Waals surface area contributed by atoms with Gasteiger partial charge in [0.1, 0.15) is 6.10 Å². The first kappa shape index (κ1) is 10.2. The van der Waals surface area contributed by atoms with Crippen LogP contribution in [0, 0.1) is 0 Å². The van der Waals surface area contributed by atoms with Crippen LogP contribution in [0.3, 0.4) is 0 Å². The number of rotatable bonds is 4. The van der Waals surface area contributed by atoms with Gasteiger partial charge in [-0.2, -0.15) is 0 Å². The highest BCUT2D eigenvalue weighted by Gasteiger charge is 2.14. The van der Waals surface area contributed by atoms with Crippen molar-refractivity contribution >= 4 is 0 Å². The molecule has 0 saturated carbocycles. The third-order valence-corrected chi connectivity index (χ3v) is 1.92. The maximum absolute atomic E-state index is 9.36. The Morgan fingerprint density at radius 1 is 1.00 bits per heavy atom. The fraction of sp³-hybridized carbons (Fsp3) is 0.400. The maximum atomic E-state index is 9.36. The Kier molecular flexibility index (Phi) is 3.89. The molecule has 1 aromatic carbocycles. The number of benzene rings is 1. The molecule has 0 aliphatic rings. The summed E-state index contributed by atoms with van der Waals surface area (Å²) < 4.78 is 0. The molecule has 1 aromatic rings. The Labute approximate surface area is 77.3 Å². The molecule has 3 N–H and O–H groups in total. The van der Waals surface area contributed by atoms with Crippen molar-refractivity contribution in [1.82, 2.24) is 0 Å². The fourth-order valence-corrected chi connectivity index (χ4v) is 1.11. The quantitative estimate of drug-likeness (QED) is 0.611. The monoisotopic (exact) mass is 182 g/mol. The summed E-state index contributed by atoms with van der Waals surface area (Å²) >= 11 is 0. The van der Waals surface area contributed by atoms with E-state index in [9.17, 15) is 5.11 Å². The maximum Gasteiger partial charge on any atom is 0.103 e. The molecular weight excluding hydrogens is 168 g/mol. The molecule has 72 valence electrons. The summed E-state index contributed by atoms with van der Waals surface area (Å²) in [7, 11) is 0. The van der Waals surface area contributed by atoms with E-state index in [0.29, 0.717) is 6.42 Å². The standard InChI is InChI=1S/C10H14O3/c11-7-10(13)9(12)6-8-4-2-1-3-5-8/h1-5,9-13H,6-7H2/t9-,10-/m0/s1. The van der Waals surface area contributed by atoms with E-state index in [1.807, 2.05) is 30.3 Å². The Balaban J connectivity index is 2.50. The Hall–Kier alpha value is -0.900. The molecule has 0 aliphatic carbocycles. The van der Waals surface area contributed by atoms with Crippen LogP contribution in [0.2, 0.25) is 0 Å². The molecule has 0 aliphatic heterocycles. The van der Waals surface area contributed by atoms with Gasteiger partial charge in [0, 0.05) is 6.42 Å². The molecule has 0 unspecified atom stereocenters. The lowest BCUT2D eigenvalue weighted by Crippen LogP contribution is -2.30. The minimum absolute atomic E-state index is 0.364. The van der Waals surface area contributed by atoms with Crippen LogP contribution < -0.4 is 0 Å². The zero-order chi connectivity index (χ0) is 9.68. The highest BCUT2D eigenvalue weighted by atomic mass is 16.4. The Morgan fingerprint density at radius 2 is 1.62 bits per heavy atom. The van der Waals surface area contributed by atoms with E-state index in [1.165, 1.54) is 0 Å². The molecule has 13 heavy (non-hydrogen) atoms. The number of aliphatic hydroxyl groups is 3. The first-order chi connectivity index (χ1) is 6.24. The van der Waals surface area contributed by atoms with Crippen molar-refractivity contribution in [2.75, 3.05) is 6.61 Å². The van der Waals surface area contributed by atoms with Gasteiger partial charge in [-0.3, -0.25) is 0 Å². The van der Waals surface area contributed by atoms with Gasteiger partial charge >= 0.3 is 0 Å². The second-order valence-electron chi connectivity index (χ2n) is 3.01. The average molecular weight is 182 g/mol. The van der Waals surface area contributed by atoms with Crippen molar-refractivity contribution < 1.29 is 15.3 Å². The zero-order valence-electron chi connectivity index (χ0n) is 7.30. The summed E-state index contributed by atoms with van der Waals surface area (Å²) in [6.07, 6.45) is -1.59. The molecule has 0 spiro atoms. The highest BCUT2D eigenvalue weighted by molar-refractivity contribution is 5.15. The number of aliphatic hydroxyl groups excluding tert-OH is 3. The van der Waals surface area contributed by atoms with E-state index in [4.69, 9.17) is 10.2 Å². The van der Waals surface area contributed by atoms with Crippen LogP contribution in [0.25, 0.3) is 0 Å². The van der Waals surface area contributed by atoms with Crippen LogP contribution in [0.5, 0.6) is 0 Å². The Morgan fingerprint density at radius 3 is 2.15 bits per heavy atom. The van der Waals surface area contributed by atoms with Crippen LogP contribution in [-0.2, 0) is 6.42 Å². The van der Waals surface area contributed by atoms with Crippen molar-refractivity contribution in [3.05, 3.63) is 35.9 Å². The predicted octanol–water partition coefficient (Wildman–Crippen LogP) is -0.0568. The molecule has 3 nitrogen and oxygen atoms in total. The minimum atomic E-state index is -1.06. The van der Waals surface area contributed by atoms with Crippen LogP contribution >= 0.6 is 0 Å². The van der Waals surface area contributed by atoms with Gasteiger partial charge in [0.15, 0.2) is 0 Å². The van der Waals surface area contributed by atoms with E-state index < -0.39 is 18.8 Å². The smallest absolute Gasteiger partial charge is 0.103 e. The molecule has 0 heterocycles. The molecule has 0 bridgehead atoms. The summed E-state index contributed by atoms with van der Waals surface area (Å²) in [6.45, 7) is -0.409. The average Bonchev–Trinajstić information content (AvgIpc) is 2.18. The minimum Gasteiger partial charge on any atom is -0.394 e.